The maximum absolute atomic E-state index is 13.5. The second-order valence-corrected chi connectivity index (χ2v) is 7.54. The van der Waals surface area contributed by atoms with Crippen LogP contribution in [-0.2, 0) is 4.79 Å². The number of benzene rings is 1. The van der Waals surface area contributed by atoms with Crippen molar-refractivity contribution in [3.8, 4) is 0 Å². The lowest BCUT2D eigenvalue weighted by Crippen LogP contribution is -2.39. The Balaban J connectivity index is 1.58. The summed E-state index contributed by atoms with van der Waals surface area (Å²) in [6, 6.07) is 5.97. The number of primary amides is 1. The molecule has 1 aliphatic heterocycles. The van der Waals surface area contributed by atoms with Gasteiger partial charge in [0.05, 0.1) is 16.8 Å². The number of amides is 2. The molecule has 0 bridgehead atoms. The Kier molecular flexibility index (Phi) is 4.13. The molecule has 1 saturated carbocycles. The summed E-state index contributed by atoms with van der Waals surface area (Å²) >= 11 is 0. The van der Waals surface area contributed by atoms with Crippen molar-refractivity contribution in [2.45, 2.75) is 32.1 Å². The SMILES string of the molecule is CC1CC1C(=O)N1CCC(c2nc3ccc(F)cc3cc2C(N)=O)CC1. The summed E-state index contributed by atoms with van der Waals surface area (Å²) < 4.78 is 13.5. The molecule has 0 spiro atoms. The number of carbonyl (C=O) groups excluding carboxylic acids is 2. The normalized spacial score (nSPS) is 23.2. The number of fused-ring (bicyclic) bond motifs is 1. The molecule has 2 aliphatic rings. The fraction of sp³-hybridized carbons (Fsp3) is 0.450. The number of nitrogens with two attached hydrogens (primary N) is 1. The molecular formula is C20H22FN3O2. The third kappa shape index (κ3) is 3.04. The van der Waals surface area contributed by atoms with Crippen LogP contribution in [0.4, 0.5) is 4.39 Å². The van der Waals surface area contributed by atoms with Crippen molar-refractivity contribution < 1.29 is 14.0 Å². The molecule has 136 valence electrons. The molecule has 0 radical (unpaired) electrons. The molecule has 6 heteroatoms. The summed E-state index contributed by atoms with van der Waals surface area (Å²) in [5.41, 5.74) is 7.22. The van der Waals surface area contributed by atoms with Crippen LogP contribution >= 0.6 is 0 Å². The maximum atomic E-state index is 13.5. The summed E-state index contributed by atoms with van der Waals surface area (Å²) in [5.74, 6) is 0.110. The molecular weight excluding hydrogens is 333 g/mol. The molecule has 1 aliphatic carbocycles. The fourth-order valence-electron chi connectivity index (χ4n) is 3.94. The van der Waals surface area contributed by atoms with Crippen molar-refractivity contribution in [1.82, 2.24) is 9.88 Å². The van der Waals surface area contributed by atoms with Crippen LogP contribution in [0, 0.1) is 17.7 Å². The van der Waals surface area contributed by atoms with E-state index in [9.17, 15) is 14.0 Å². The first-order valence-corrected chi connectivity index (χ1v) is 9.13. The van der Waals surface area contributed by atoms with E-state index in [1.54, 1.807) is 12.1 Å². The zero-order valence-electron chi connectivity index (χ0n) is 14.7. The number of carbonyl (C=O) groups is 2. The van der Waals surface area contributed by atoms with E-state index in [0.29, 0.717) is 41.2 Å². The second-order valence-electron chi connectivity index (χ2n) is 7.54. The monoisotopic (exact) mass is 355 g/mol. The summed E-state index contributed by atoms with van der Waals surface area (Å²) in [4.78, 5) is 30.9. The standard InChI is InChI=1S/C20H22FN3O2/c1-11-8-15(11)20(26)24-6-4-12(5-7-24)18-16(19(22)25)10-13-9-14(21)2-3-17(13)23-18/h2-3,9-12,15H,4-8H2,1H3,(H2,22,25). The summed E-state index contributed by atoms with van der Waals surface area (Å²) in [6.07, 6.45) is 2.51. The van der Waals surface area contributed by atoms with Gasteiger partial charge in [-0.05, 0) is 49.4 Å². The first kappa shape index (κ1) is 16.9. The average Bonchev–Trinajstić information content (AvgIpc) is 3.36. The minimum atomic E-state index is -0.552. The van der Waals surface area contributed by atoms with Crippen LogP contribution in [0.2, 0.25) is 0 Å². The van der Waals surface area contributed by atoms with Gasteiger partial charge in [-0.1, -0.05) is 6.92 Å². The number of likely N-dealkylation sites (tertiary alicyclic amines) is 1. The van der Waals surface area contributed by atoms with Crippen LogP contribution in [-0.4, -0.2) is 34.8 Å². The Hall–Kier alpha value is -2.50. The first-order chi connectivity index (χ1) is 12.4. The van der Waals surface area contributed by atoms with Gasteiger partial charge in [0.15, 0.2) is 0 Å². The van der Waals surface area contributed by atoms with Crippen molar-refractivity contribution in [3.05, 3.63) is 41.3 Å². The lowest BCUT2D eigenvalue weighted by molar-refractivity contribution is -0.133. The molecule has 5 nitrogen and oxygen atoms in total. The Morgan fingerprint density at radius 1 is 1.23 bits per heavy atom. The highest BCUT2D eigenvalue weighted by molar-refractivity contribution is 5.97. The third-order valence-electron chi connectivity index (χ3n) is 5.69. The Bertz CT molecular complexity index is 890. The quantitative estimate of drug-likeness (QED) is 0.920. The van der Waals surface area contributed by atoms with E-state index in [4.69, 9.17) is 5.73 Å². The van der Waals surface area contributed by atoms with Gasteiger partial charge in [0.2, 0.25) is 5.91 Å². The van der Waals surface area contributed by atoms with E-state index in [1.807, 2.05) is 4.90 Å². The van der Waals surface area contributed by atoms with Gasteiger partial charge in [-0.3, -0.25) is 14.6 Å². The Morgan fingerprint density at radius 3 is 2.54 bits per heavy atom. The maximum Gasteiger partial charge on any atom is 0.250 e. The van der Waals surface area contributed by atoms with E-state index in [0.717, 1.165) is 19.3 Å². The summed E-state index contributed by atoms with van der Waals surface area (Å²) in [5, 5.41) is 0.567. The van der Waals surface area contributed by atoms with Crippen LogP contribution in [0.5, 0.6) is 0 Å². The van der Waals surface area contributed by atoms with E-state index in [1.165, 1.54) is 12.1 Å². The molecule has 2 unspecified atom stereocenters. The van der Waals surface area contributed by atoms with Gasteiger partial charge in [0, 0.05) is 30.3 Å². The topological polar surface area (TPSA) is 76.3 Å². The summed E-state index contributed by atoms with van der Waals surface area (Å²) in [7, 11) is 0. The minimum absolute atomic E-state index is 0.0765. The van der Waals surface area contributed by atoms with Crippen LogP contribution in [0.3, 0.4) is 0 Å². The highest BCUT2D eigenvalue weighted by Gasteiger charge is 2.42. The number of piperidine rings is 1. The van der Waals surface area contributed by atoms with E-state index < -0.39 is 5.91 Å². The van der Waals surface area contributed by atoms with Crippen molar-refractivity contribution in [1.29, 1.82) is 0 Å². The Morgan fingerprint density at radius 2 is 1.92 bits per heavy atom. The molecule has 2 N–H and O–H groups in total. The predicted octanol–water partition coefficient (Wildman–Crippen LogP) is 2.83. The van der Waals surface area contributed by atoms with Gasteiger partial charge in [-0.2, -0.15) is 0 Å². The average molecular weight is 355 g/mol. The predicted molar refractivity (Wildman–Crippen MR) is 96.0 cm³/mol. The van der Waals surface area contributed by atoms with Crippen molar-refractivity contribution in [2.24, 2.45) is 17.6 Å². The largest absolute Gasteiger partial charge is 0.366 e. The highest BCUT2D eigenvalue weighted by atomic mass is 19.1. The molecule has 2 atom stereocenters. The van der Waals surface area contributed by atoms with Crippen LogP contribution in [0.1, 0.15) is 48.2 Å². The van der Waals surface area contributed by atoms with Crippen LogP contribution < -0.4 is 5.73 Å². The Labute approximate surface area is 151 Å². The number of hydrogen-bond donors (Lipinski definition) is 1. The summed E-state index contributed by atoms with van der Waals surface area (Å²) in [6.45, 7) is 3.46. The van der Waals surface area contributed by atoms with Crippen molar-refractivity contribution in [2.75, 3.05) is 13.1 Å². The van der Waals surface area contributed by atoms with Crippen molar-refractivity contribution in [3.63, 3.8) is 0 Å². The van der Waals surface area contributed by atoms with Crippen molar-refractivity contribution >= 4 is 22.7 Å². The molecule has 1 aromatic carbocycles. The van der Waals surface area contributed by atoms with Gasteiger partial charge in [-0.15, -0.1) is 0 Å². The van der Waals surface area contributed by atoms with Crippen LogP contribution in [0.25, 0.3) is 10.9 Å². The number of aromatic nitrogens is 1. The van der Waals surface area contributed by atoms with Crippen LogP contribution in [0.15, 0.2) is 24.3 Å². The van der Waals surface area contributed by atoms with Gasteiger partial charge in [0.1, 0.15) is 5.82 Å². The molecule has 2 aromatic rings. The van der Waals surface area contributed by atoms with E-state index in [-0.39, 0.29) is 23.6 Å². The van der Waals surface area contributed by atoms with Gasteiger partial charge in [0.25, 0.3) is 5.91 Å². The number of rotatable bonds is 3. The lowest BCUT2D eigenvalue weighted by Gasteiger charge is -2.32. The zero-order valence-corrected chi connectivity index (χ0v) is 14.7. The second kappa shape index (κ2) is 6.34. The molecule has 1 aromatic heterocycles. The minimum Gasteiger partial charge on any atom is -0.366 e. The molecule has 2 amide bonds. The van der Waals surface area contributed by atoms with E-state index >= 15 is 0 Å². The number of pyridine rings is 1. The smallest absolute Gasteiger partial charge is 0.250 e. The molecule has 2 fully saturated rings. The van der Waals surface area contributed by atoms with Gasteiger partial charge >= 0.3 is 0 Å². The zero-order chi connectivity index (χ0) is 18.4. The molecule has 2 heterocycles. The van der Waals surface area contributed by atoms with E-state index in [2.05, 4.69) is 11.9 Å². The molecule has 26 heavy (non-hydrogen) atoms. The molecule has 4 rings (SSSR count). The van der Waals surface area contributed by atoms with Gasteiger partial charge < -0.3 is 10.6 Å². The number of nitrogens with zero attached hydrogens (tertiary/aromatic N) is 2. The van der Waals surface area contributed by atoms with Gasteiger partial charge in [-0.25, -0.2) is 4.39 Å². The highest BCUT2D eigenvalue weighted by Crippen LogP contribution is 2.40. The lowest BCUT2D eigenvalue weighted by atomic mass is 9.89. The molecule has 1 saturated heterocycles. The first-order valence-electron chi connectivity index (χ1n) is 9.13. The fourth-order valence-corrected chi connectivity index (χ4v) is 3.94. The number of halogens is 1. The third-order valence-corrected chi connectivity index (χ3v) is 5.69. The number of hydrogen-bond acceptors (Lipinski definition) is 3.